The van der Waals surface area contributed by atoms with Crippen molar-refractivity contribution in [3.63, 3.8) is 0 Å². The molecule has 0 radical (unpaired) electrons. The van der Waals surface area contributed by atoms with E-state index in [-0.39, 0.29) is 17.9 Å². The number of carbonyl (C=O) groups excluding carboxylic acids is 2. The first kappa shape index (κ1) is 17.0. The van der Waals surface area contributed by atoms with E-state index in [1.54, 1.807) is 0 Å². The molecular formula is C19H27N3O2. The summed E-state index contributed by atoms with van der Waals surface area (Å²) in [6.45, 7) is 5.04. The molecule has 24 heavy (non-hydrogen) atoms. The summed E-state index contributed by atoms with van der Waals surface area (Å²) in [5, 5.41) is 6.30. The van der Waals surface area contributed by atoms with Gasteiger partial charge in [0.05, 0.1) is 0 Å². The fraction of sp³-hybridized carbons (Fsp3) is 0.579. The van der Waals surface area contributed by atoms with Gasteiger partial charge in [-0.2, -0.15) is 0 Å². The topological polar surface area (TPSA) is 61.4 Å². The minimum absolute atomic E-state index is 0.0294. The molecule has 0 spiro atoms. The molecule has 0 bridgehead atoms. The second-order valence-electron chi connectivity index (χ2n) is 7.04. The Bertz CT molecular complexity index is 596. The molecule has 0 saturated carbocycles. The predicted molar refractivity (Wildman–Crippen MR) is 93.9 cm³/mol. The number of hydrogen-bond donors (Lipinski definition) is 2. The molecule has 0 aromatic heterocycles. The van der Waals surface area contributed by atoms with Gasteiger partial charge in [-0.05, 0) is 62.4 Å². The number of piperidine rings is 1. The Balaban J connectivity index is 1.61. The number of amides is 2. The average molecular weight is 329 g/mol. The predicted octanol–water partition coefficient (Wildman–Crippen LogP) is 1.58. The van der Waals surface area contributed by atoms with Crippen LogP contribution in [0.4, 0.5) is 0 Å². The van der Waals surface area contributed by atoms with Crippen LogP contribution >= 0.6 is 0 Å². The maximum atomic E-state index is 12.7. The number of hydrogen-bond acceptors (Lipinski definition) is 3. The highest BCUT2D eigenvalue weighted by Crippen LogP contribution is 2.20. The summed E-state index contributed by atoms with van der Waals surface area (Å²) in [5.41, 5.74) is 2.02. The van der Waals surface area contributed by atoms with Crippen molar-refractivity contribution in [2.75, 3.05) is 26.2 Å². The molecule has 2 N–H and O–H groups in total. The van der Waals surface area contributed by atoms with E-state index < -0.39 is 0 Å². The number of nitrogens with one attached hydrogen (secondary N) is 2. The zero-order valence-electron chi connectivity index (χ0n) is 14.4. The van der Waals surface area contributed by atoms with Crippen LogP contribution in [0.3, 0.4) is 0 Å². The number of rotatable bonds is 4. The van der Waals surface area contributed by atoms with Gasteiger partial charge >= 0.3 is 0 Å². The van der Waals surface area contributed by atoms with Gasteiger partial charge in [0, 0.05) is 31.6 Å². The SMILES string of the molecule is CC(=O)N[C@H]1CCN(C(=O)c2cccc(CC3CCNCC3)c2)C1. The lowest BCUT2D eigenvalue weighted by atomic mass is 9.90. The van der Waals surface area contributed by atoms with Crippen LogP contribution in [0.5, 0.6) is 0 Å². The first-order chi connectivity index (χ1) is 11.6. The molecule has 2 fully saturated rings. The molecule has 2 aliphatic heterocycles. The van der Waals surface area contributed by atoms with Gasteiger partial charge in [-0.15, -0.1) is 0 Å². The Hall–Kier alpha value is -1.88. The van der Waals surface area contributed by atoms with Crippen molar-refractivity contribution in [2.24, 2.45) is 5.92 Å². The molecular weight excluding hydrogens is 302 g/mol. The Kier molecular flexibility index (Phi) is 5.51. The van der Waals surface area contributed by atoms with Crippen molar-refractivity contribution in [1.82, 2.24) is 15.5 Å². The fourth-order valence-electron chi connectivity index (χ4n) is 3.78. The summed E-state index contributed by atoms with van der Waals surface area (Å²) in [6, 6.07) is 8.16. The van der Waals surface area contributed by atoms with Gasteiger partial charge < -0.3 is 15.5 Å². The van der Waals surface area contributed by atoms with Crippen LogP contribution in [-0.4, -0.2) is 48.9 Å². The average Bonchev–Trinajstić information content (AvgIpc) is 3.03. The lowest BCUT2D eigenvalue weighted by Gasteiger charge is -2.23. The maximum Gasteiger partial charge on any atom is 0.253 e. The highest BCUT2D eigenvalue weighted by atomic mass is 16.2. The van der Waals surface area contributed by atoms with E-state index in [4.69, 9.17) is 0 Å². The normalized spacial score (nSPS) is 21.7. The third kappa shape index (κ3) is 4.35. The van der Waals surface area contributed by atoms with E-state index in [1.807, 2.05) is 17.0 Å². The molecule has 1 aromatic carbocycles. The standard InChI is InChI=1S/C19H27N3O2/c1-14(23)21-18-7-10-22(13-18)19(24)17-4-2-3-16(12-17)11-15-5-8-20-9-6-15/h2-4,12,15,18,20H,5-11,13H2,1H3,(H,21,23)/t18-/m0/s1. The molecule has 5 nitrogen and oxygen atoms in total. The van der Waals surface area contributed by atoms with E-state index in [0.29, 0.717) is 19.0 Å². The first-order valence-corrected chi connectivity index (χ1v) is 8.98. The van der Waals surface area contributed by atoms with Gasteiger partial charge in [0.25, 0.3) is 5.91 Å². The Morgan fingerprint density at radius 3 is 2.79 bits per heavy atom. The van der Waals surface area contributed by atoms with E-state index in [1.165, 1.54) is 25.3 Å². The van der Waals surface area contributed by atoms with Crippen LogP contribution in [0, 0.1) is 5.92 Å². The summed E-state index contributed by atoms with van der Waals surface area (Å²) >= 11 is 0. The molecule has 1 atom stereocenters. The van der Waals surface area contributed by atoms with E-state index in [2.05, 4.69) is 22.8 Å². The monoisotopic (exact) mass is 329 g/mol. The van der Waals surface area contributed by atoms with Crippen molar-refractivity contribution in [2.45, 2.75) is 38.6 Å². The Morgan fingerprint density at radius 2 is 2.04 bits per heavy atom. The van der Waals surface area contributed by atoms with Crippen molar-refractivity contribution < 1.29 is 9.59 Å². The van der Waals surface area contributed by atoms with Crippen LogP contribution < -0.4 is 10.6 Å². The zero-order chi connectivity index (χ0) is 16.9. The van der Waals surface area contributed by atoms with Gasteiger partial charge in [-0.3, -0.25) is 9.59 Å². The summed E-state index contributed by atoms with van der Waals surface area (Å²) < 4.78 is 0. The molecule has 1 aromatic rings. The van der Waals surface area contributed by atoms with E-state index in [0.717, 1.165) is 31.5 Å². The van der Waals surface area contributed by atoms with Crippen molar-refractivity contribution >= 4 is 11.8 Å². The summed E-state index contributed by atoms with van der Waals surface area (Å²) in [6.07, 6.45) is 4.31. The zero-order valence-corrected chi connectivity index (χ0v) is 14.4. The fourth-order valence-corrected chi connectivity index (χ4v) is 3.78. The van der Waals surface area contributed by atoms with Gasteiger partial charge in [-0.1, -0.05) is 12.1 Å². The third-order valence-corrected chi connectivity index (χ3v) is 5.04. The van der Waals surface area contributed by atoms with Crippen molar-refractivity contribution in [3.8, 4) is 0 Å². The molecule has 0 aliphatic carbocycles. The highest BCUT2D eigenvalue weighted by molar-refractivity contribution is 5.94. The molecule has 2 saturated heterocycles. The van der Waals surface area contributed by atoms with Gasteiger partial charge in [0.2, 0.25) is 5.91 Å². The Labute approximate surface area is 143 Å². The summed E-state index contributed by atoms with van der Waals surface area (Å²) in [4.78, 5) is 25.7. The molecule has 0 unspecified atom stereocenters. The minimum atomic E-state index is -0.0294. The van der Waals surface area contributed by atoms with Crippen LogP contribution in [0.2, 0.25) is 0 Å². The summed E-state index contributed by atoms with van der Waals surface area (Å²) in [7, 11) is 0. The first-order valence-electron chi connectivity index (χ1n) is 8.98. The molecule has 3 rings (SSSR count). The number of likely N-dealkylation sites (tertiary alicyclic amines) is 1. The molecule has 2 aliphatic rings. The van der Waals surface area contributed by atoms with Crippen LogP contribution in [0.25, 0.3) is 0 Å². The third-order valence-electron chi connectivity index (χ3n) is 5.04. The molecule has 2 heterocycles. The summed E-state index contributed by atoms with van der Waals surface area (Å²) in [5.74, 6) is 0.765. The molecule has 130 valence electrons. The molecule has 5 heteroatoms. The van der Waals surface area contributed by atoms with Gasteiger partial charge in [0.1, 0.15) is 0 Å². The van der Waals surface area contributed by atoms with Crippen LogP contribution in [-0.2, 0) is 11.2 Å². The lowest BCUT2D eigenvalue weighted by Crippen LogP contribution is -2.37. The van der Waals surface area contributed by atoms with Gasteiger partial charge in [0.15, 0.2) is 0 Å². The van der Waals surface area contributed by atoms with Crippen molar-refractivity contribution in [3.05, 3.63) is 35.4 Å². The van der Waals surface area contributed by atoms with Gasteiger partial charge in [-0.25, -0.2) is 0 Å². The van der Waals surface area contributed by atoms with Crippen molar-refractivity contribution in [1.29, 1.82) is 0 Å². The lowest BCUT2D eigenvalue weighted by molar-refractivity contribution is -0.119. The second kappa shape index (κ2) is 7.79. The van der Waals surface area contributed by atoms with E-state index >= 15 is 0 Å². The maximum absolute atomic E-state index is 12.7. The van der Waals surface area contributed by atoms with Crippen LogP contribution in [0.1, 0.15) is 42.1 Å². The Morgan fingerprint density at radius 1 is 1.25 bits per heavy atom. The minimum Gasteiger partial charge on any atom is -0.352 e. The van der Waals surface area contributed by atoms with E-state index in [9.17, 15) is 9.59 Å². The number of nitrogens with zero attached hydrogens (tertiary/aromatic N) is 1. The highest BCUT2D eigenvalue weighted by Gasteiger charge is 2.27. The largest absolute Gasteiger partial charge is 0.352 e. The smallest absolute Gasteiger partial charge is 0.253 e. The number of benzene rings is 1. The second-order valence-corrected chi connectivity index (χ2v) is 7.04. The van der Waals surface area contributed by atoms with Crippen LogP contribution in [0.15, 0.2) is 24.3 Å². The number of carbonyl (C=O) groups is 2. The quantitative estimate of drug-likeness (QED) is 0.882. The molecule has 2 amide bonds.